The molecular weight excluding hydrogens is 421 g/mol. The van der Waals surface area contributed by atoms with E-state index in [1.807, 2.05) is 0 Å². The zero-order valence-corrected chi connectivity index (χ0v) is 15.9. The first-order valence-electron chi connectivity index (χ1n) is 7.72. The molecule has 0 bridgehead atoms. The van der Waals surface area contributed by atoms with Crippen LogP contribution >= 0.6 is 15.9 Å². The molecule has 27 heavy (non-hydrogen) atoms. The number of rotatable bonds is 4. The van der Waals surface area contributed by atoms with E-state index in [0.717, 1.165) is 0 Å². The van der Waals surface area contributed by atoms with Crippen LogP contribution < -0.4 is 9.47 Å². The summed E-state index contributed by atoms with van der Waals surface area (Å²) in [6, 6.07) is 9.06. The van der Waals surface area contributed by atoms with E-state index in [0.29, 0.717) is 10.0 Å². The molecule has 2 aromatic rings. The number of carbonyl (C=O) groups is 2. The lowest BCUT2D eigenvalue weighted by atomic mass is 10.1. The zero-order valence-electron chi connectivity index (χ0n) is 14.3. The van der Waals surface area contributed by atoms with Crippen molar-refractivity contribution in [2.24, 2.45) is 4.99 Å². The van der Waals surface area contributed by atoms with Gasteiger partial charge in [0.2, 0.25) is 5.90 Å². The third kappa shape index (κ3) is 4.06. The van der Waals surface area contributed by atoms with Crippen molar-refractivity contribution in [2.45, 2.75) is 6.92 Å². The second-order valence-electron chi connectivity index (χ2n) is 5.44. The number of nitrogens with zero attached hydrogens (tertiary/aromatic N) is 1. The average molecular weight is 434 g/mol. The van der Waals surface area contributed by atoms with Crippen LogP contribution in [-0.4, -0.2) is 24.9 Å². The maximum absolute atomic E-state index is 13.9. The molecule has 0 saturated heterocycles. The van der Waals surface area contributed by atoms with Crippen LogP contribution in [0, 0.1) is 5.82 Å². The molecule has 0 aromatic heterocycles. The van der Waals surface area contributed by atoms with Crippen LogP contribution in [0.25, 0.3) is 6.08 Å². The fourth-order valence-corrected chi connectivity index (χ4v) is 2.92. The second kappa shape index (κ2) is 7.71. The van der Waals surface area contributed by atoms with Crippen molar-refractivity contribution in [1.82, 2.24) is 0 Å². The lowest BCUT2D eigenvalue weighted by Crippen LogP contribution is -2.07. The standard InChI is InChI=1S/C19H13BrFNO5/c1-10(23)26-17-13(20)7-11(9-16(17)25-2)8-15-19(24)27-18(22-15)12-5-3-4-6-14(12)21/h3-9H,1-2H3/b15-8-. The number of ether oxygens (including phenoxy) is 3. The van der Waals surface area contributed by atoms with Crippen molar-refractivity contribution in [3.8, 4) is 11.5 Å². The first-order valence-corrected chi connectivity index (χ1v) is 8.51. The predicted octanol–water partition coefficient (Wildman–Crippen LogP) is 3.87. The van der Waals surface area contributed by atoms with Crippen molar-refractivity contribution < 1.29 is 28.2 Å². The van der Waals surface area contributed by atoms with Crippen LogP contribution in [0.5, 0.6) is 11.5 Å². The van der Waals surface area contributed by atoms with Gasteiger partial charge in [0.1, 0.15) is 5.82 Å². The number of benzene rings is 2. The van der Waals surface area contributed by atoms with E-state index in [-0.39, 0.29) is 28.7 Å². The Labute approximate surface area is 162 Å². The van der Waals surface area contributed by atoms with Crippen molar-refractivity contribution in [1.29, 1.82) is 0 Å². The van der Waals surface area contributed by atoms with E-state index >= 15 is 0 Å². The molecule has 3 rings (SSSR count). The van der Waals surface area contributed by atoms with E-state index in [1.165, 1.54) is 38.3 Å². The summed E-state index contributed by atoms with van der Waals surface area (Å²) in [6.07, 6.45) is 1.46. The van der Waals surface area contributed by atoms with Gasteiger partial charge in [-0.3, -0.25) is 4.79 Å². The molecule has 1 heterocycles. The monoisotopic (exact) mass is 433 g/mol. The van der Waals surface area contributed by atoms with Gasteiger partial charge in [0.15, 0.2) is 17.2 Å². The first-order chi connectivity index (χ1) is 12.9. The number of hydrogen-bond donors (Lipinski definition) is 0. The molecule has 8 heteroatoms. The smallest absolute Gasteiger partial charge is 0.363 e. The van der Waals surface area contributed by atoms with Gasteiger partial charge in [-0.05, 0) is 51.8 Å². The van der Waals surface area contributed by atoms with Crippen molar-refractivity contribution in [3.63, 3.8) is 0 Å². The Bertz CT molecular complexity index is 1000. The summed E-state index contributed by atoms with van der Waals surface area (Å²) in [4.78, 5) is 27.4. The summed E-state index contributed by atoms with van der Waals surface area (Å²) in [5, 5.41) is 0. The van der Waals surface area contributed by atoms with E-state index in [1.54, 1.807) is 18.2 Å². The largest absolute Gasteiger partial charge is 0.493 e. The molecule has 0 fully saturated rings. The van der Waals surface area contributed by atoms with Gasteiger partial charge in [0.25, 0.3) is 0 Å². The molecule has 0 unspecified atom stereocenters. The molecule has 0 amide bonds. The van der Waals surface area contributed by atoms with Crippen molar-refractivity contribution in [3.05, 3.63) is 63.5 Å². The minimum absolute atomic E-state index is 0.00226. The van der Waals surface area contributed by atoms with Crippen LogP contribution in [0.1, 0.15) is 18.1 Å². The number of aliphatic imine (C=N–C) groups is 1. The Hall–Kier alpha value is -3.00. The molecule has 0 aliphatic carbocycles. The topological polar surface area (TPSA) is 74.2 Å². The fourth-order valence-electron chi connectivity index (χ4n) is 2.38. The zero-order chi connectivity index (χ0) is 19.6. The lowest BCUT2D eigenvalue weighted by molar-refractivity contribution is -0.132. The van der Waals surface area contributed by atoms with Crippen LogP contribution in [0.4, 0.5) is 4.39 Å². The van der Waals surface area contributed by atoms with Crippen LogP contribution in [0.3, 0.4) is 0 Å². The Balaban J connectivity index is 1.99. The summed E-state index contributed by atoms with van der Waals surface area (Å²) in [6.45, 7) is 1.27. The lowest BCUT2D eigenvalue weighted by Gasteiger charge is -2.11. The predicted molar refractivity (Wildman–Crippen MR) is 99.0 cm³/mol. The summed E-state index contributed by atoms with van der Waals surface area (Å²) in [7, 11) is 1.42. The molecule has 1 aliphatic heterocycles. The van der Waals surface area contributed by atoms with Crippen LogP contribution in [-0.2, 0) is 14.3 Å². The highest BCUT2D eigenvalue weighted by atomic mass is 79.9. The van der Waals surface area contributed by atoms with Crippen LogP contribution in [0.15, 0.2) is 51.6 Å². The maximum Gasteiger partial charge on any atom is 0.363 e. The van der Waals surface area contributed by atoms with Gasteiger partial charge < -0.3 is 14.2 Å². The van der Waals surface area contributed by atoms with Gasteiger partial charge in [-0.15, -0.1) is 0 Å². The van der Waals surface area contributed by atoms with E-state index < -0.39 is 17.8 Å². The van der Waals surface area contributed by atoms with Gasteiger partial charge in [-0.1, -0.05) is 12.1 Å². The third-order valence-corrected chi connectivity index (χ3v) is 4.11. The number of carbonyl (C=O) groups excluding carboxylic acids is 2. The summed E-state index contributed by atoms with van der Waals surface area (Å²) in [5.74, 6) is -1.34. The van der Waals surface area contributed by atoms with Crippen molar-refractivity contribution >= 4 is 39.8 Å². The molecule has 0 spiro atoms. The van der Waals surface area contributed by atoms with Gasteiger partial charge in [-0.2, -0.15) is 0 Å². The molecule has 1 aliphatic rings. The first kappa shape index (κ1) is 18.8. The SMILES string of the molecule is COc1cc(/C=C2\N=C(c3ccccc3F)OC2=O)cc(Br)c1OC(C)=O. The Morgan fingerprint density at radius 2 is 2.04 bits per heavy atom. The van der Waals surface area contributed by atoms with Gasteiger partial charge in [-0.25, -0.2) is 14.2 Å². The van der Waals surface area contributed by atoms with Gasteiger partial charge >= 0.3 is 11.9 Å². The van der Waals surface area contributed by atoms with E-state index in [2.05, 4.69) is 20.9 Å². The Morgan fingerprint density at radius 3 is 2.70 bits per heavy atom. The summed E-state index contributed by atoms with van der Waals surface area (Å²) < 4.78 is 29.7. The molecule has 0 saturated carbocycles. The number of esters is 2. The summed E-state index contributed by atoms with van der Waals surface area (Å²) >= 11 is 3.30. The Morgan fingerprint density at radius 1 is 1.30 bits per heavy atom. The molecule has 0 atom stereocenters. The number of hydrogen-bond acceptors (Lipinski definition) is 6. The van der Waals surface area contributed by atoms with Gasteiger partial charge in [0, 0.05) is 6.92 Å². The third-order valence-electron chi connectivity index (χ3n) is 3.53. The summed E-state index contributed by atoms with van der Waals surface area (Å²) in [5.41, 5.74) is 0.640. The average Bonchev–Trinajstić information content (AvgIpc) is 2.97. The number of methoxy groups -OCH3 is 1. The quantitative estimate of drug-likeness (QED) is 0.415. The molecule has 6 nitrogen and oxygen atoms in total. The second-order valence-corrected chi connectivity index (χ2v) is 6.30. The minimum Gasteiger partial charge on any atom is -0.493 e. The van der Waals surface area contributed by atoms with Crippen LogP contribution in [0.2, 0.25) is 0 Å². The molecule has 0 radical (unpaired) electrons. The molecule has 138 valence electrons. The molecule has 2 aromatic carbocycles. The molecular formula is C19H13BrFNO5. The van der Waals surface area contributed by atoms with Crippen molar-refractivity contribution in [2.75, 3.05) is 7.11 Å². The Kier molecular flexibility index (Phi) is 5.36. The number of halogens is 2. The number of cyclic esters (lactones) is 1. The van der Waals surface area contributed by atoms with E-state index in [4.69, 9.17) is 14.2 Å². The van der Waals surface area contributed by atoms with E-state index in [9.17, 15) is 14.0 Å². The fraction of sp³-hybridized carbons (Fsp3) is 0.105. The minimum atomic E-state index is -0.701. The highest BCUT2D eigenvalue weighted by Gasteiger charge is 2.26. The normalized spacial score (nSPS) is 14.7. The molecule has 0 N–H and O–H groups in total. The van der Waals surface area contributed by atoms with Gasteiger partial charge in [0.05, 0.1) is 17.1 Å². The highest BCUT2D eigenvalue weighted by Crippen LogP contribution is 2.37. The maximum atomic E-state index is 13.9. The highest BCUT2D eigenvalue weighted by molar-refractivity contribution is 9.10.